The summed E-state index contributed by atoms with van der Waals surface area (Å²) in [6.07, 6.45) is 2.94. The van der Waals surface area contributed by atoms with Crippen LogP contribution in [0.25, 0.3) is 0 Å². The number of hydrogen-bond donors (Lipinski definition) is 1. The van der Waals surface area contributed by atoms with E-state index in [-0.39, 0.29) is 11.9 Å². The highest BCUT2D eigenvalue weighted by atomic mass is 16.2. The van der Waals surface area contributed by atoms with Gasteiger partial charge in [-0.05, 0) is 37.8 Å². The summed E-state index contributed by atoms with van der Waals surface area (Å²) in [6.45, 7) is 3.68. The molecular weight excluding hydrogens is 212 g/mol. The molecule has 0 saturated heterocycles. The Morgan fingerprint density at radius 1 is 1.41 bits per heavy atom. The second-order valence-corrected chi connectivity index (χ2v) is 4.82. The number of fused-ring (bicyclic) bond motifs is 1. The topological polar surface area (TPSA) is 46.3 Å². The van der Waals surface area contributed by atoms with Gasteiger partial charge in [0, 0.05) is 24.7 Å². The van der Waals surface area contributed by atoms with E-state index in [0.717, 1.165) is 37.9 Å². The van der Waals surface area contributed by atoms with Crippen molar-refractivity contribution >= 4 is 5.91 Å². The van der Waals surface area contributed by atoms with Crippen LogP contribution in [0.2, 0.25) is 0 Å². The van der Waals surface area contributed by atoms with Crippen molar-refractivity contribution in [3.63, 3.8) is 0 Å². The summed E-state index contributed by atoms with van der Waals surface area (Å²) in [6, 6.07) is 8.13. The predicted octanol–water partition coefficient (Wildman–Crippen LogP) is 1.81. The standard InChI is InChI=1S/C14H20N2O/c1-11(15)5-4-9-16-10-8-12-6-2-3-7-13(12)14(16)17/h2-3,6-7,11H,4-5,8-10,15H2,1H3. The molecule has 0 spiro atoms. The molecule has 1 amide bonds. The van der Waals surface area contributed by atoms with E-state index in [2.05, 4.69) is 0 Å². The molecule has 3 heteroatoms. The van der Waals surface area contributed by atoms with Gasteiger partial charge >= 0.3 is 0 Å². The van der Waals surface area contributed by atoms with Crippen LogP contribution in [0.3, 0.4) is 0 Å². The summed E-state index contributed by atoms with van der Waals surface area (Å²) in [5.74, 6) is 0.177. The second-order valence-electron chi connectivity index (χ2n) is 4.82. The molecule has 2 rings (SSSR count). The zero-order valence-electron chi connectivity index (χ0n) is 10.4. The molecule has 1 aromatic carbocycles. The van der Waals surface area contributed by atoms with E-state index in [1.165, 1.54) is 5.56 Å². The first kappa shape index (κ1) is 12.1. The fourth-order valence-corrected chi connectivity index (χ4v) is 2.29. The minimum Gasteiger partial charge on any atom is -0.338 e. The maximum absolute atomic E-state index is 12.2. The van der Waals surface area contributed by atoms with Crippen LogP contribution in [0.1, 0.15) is 35.7 Å². The Labute approximate surface area is 103 Å². The molecule has 3 nitrogen and oxygen atoms in total. The van der Waals surface area contributed by atoms with E-state index in [4.69, 9.17) is 5.73 Å². The number of hydrogen-bond acceptors (Lipinski definition) is 2. The monoisotopic (exact) mass is 232 g/mol. The minimum atomic E-state index is 0.177. The first-order valence-electron chi connectivity index (χ1n) is 6.31. The highest BCUT2D eigenvalue weighted by molar-refractivity contribution is 5.96. The molecule has 0 saturated carbocycles. The molecule has 92 valence electrons. The molecule has 0 bridgehead atoms. The van der Waals surface area contributed by atoms with Gasteiger partial charge in [0.05, 0.1) is 0 Å². The van der Waals surface area contributed by atoms with Gasteiger partial charge in [0.25, 0.3) is 5.91 Å². The van der Waals surface area contributed by atoms with Crippen LogP contribution < -0.4 is 5.73 Å². The van der Waals surface area contributed by atoms with E-state index in [1.54, 1.807) is 0 Å². The van der Waals surface area contributed by atoms with E-state index < -0.39 is 0 Å². The number of benzene rings is 1. The van der Waals surface area contributed by atoms with Crippen molar-refractivity contribution in [1.29, 1.82) is 0 Å². The van der Waals surface area contributed by atoms with Crippen LogP contribution in [0.5, 0.6) is 0 Å². The van der Waals surface area contributed by atoms with E-state index in [1.807, 2.05) is 36.1 Å². The average Bonchev–Trinajstić information content (AvgIpc) is 2.32. The fourth-order valence-electron chi connectivity index (χ4n) is 2.29. The number of nitrogens with two attached hydrogens (primary N) is 1. The third-order valence-corrected chi connectivity index (χ3v) is 3.27. The van der Waals surface area contributed by atoms with Gasteiger partial charge in [-0.25, -0.2) is 0 Å². The lowest BCUT2D eigenvalue weighted by Gasteiger charge is -2.28. The molecule has 1 aliphatic heterocycles. The zero-order chi connectivity index (χ0) is 12.3. The van der Waals surface area contributed by atoms with Crippen LogP contribution in [-0.2, 0) is 6.42 Å². The summed E-state index contributed by atoms with van der Waals surface area (Å²) in [5.41, 5.74) is 7.77. The molecule has 1 atom stereocenters. The summed E-state index contributed by atoms with van der Waals surface area (Å²) < 4.78 is 0. The van der Waals surface area contributed by atoms with E-state index in [9.17, 15) is 4.79 Å². The summed E-state index contributed by atoms with van der Waals surface area (Å²) in [5, 5.41) is 0. The lowest BCUT2D eigenvalue weighted by molar-refractivity contribution is 0.0736. The number of rotatable bonds is 4. The highest BCUT2D eigenvalue weighted by Crippen LogP contribution is 2.18. The van der Waals surface area contributed by atoms with Gasteiger partial charge in [-0.15, -0.1) is 0 Å². The molecule has 1 heterocycles. The Morgan fingerprint density at radius 3 is 2.94 bits per heavy atom. The lowest BCUT2D eigenvalue weighted by Crippen LogP contribution is -2.38. The minimum absolute atomic E-state index is 0.177. The Bertz CT molecular complexity index is 401. The van der Waals surface area contributed by atoms with Crippen LogP contribution >= 0.6 is 0 Å². The number of nitrogens with zero attached hydrogens (tertiary/aromatic N) is 1. The van der Waals surface area contributed by atoms with Crippen LogP contribution in [0.4, 0.5) is 0 Å². The number of carbonyl (C=O) groups excluding carboxylic acids is 1. The van der Waals surface area contributed by atoms with Crippen molar-refractivity contribution in [2.45, 2.75) is 32.2 Å². The number of amides is 1. The molecule has 0 radical (unpaired) electrons. The molecular formula is C14H20N2O. The zero-order valence-corrected chi connectivity index (χ0v) is 10.4. The molecule has 1 aliphatic rings. The Hall–Kier alpha value is -1.35. The molecule has 0 aromatic heterocycles. The summed E-state index contributed by atoms with van der Waals surface area (Å²) in [4.78, 5) is 14.1. The predicted molar refractivity (Wildman–Crippen MR) is 68.9 cm³/mol. The first-order chi connectivity index (χ1) is 8.18. The van der Waals surface area contributed by atoms with Gasteiger partial charge < -0.3 is 10.6 Å². The molecule has 1 aromatic rings. The molecule has 0 fully saturated rings. The normalized spacial score (nSPS) is 16.8. The van der Waals surface area contributed by atoms with Crippen molar-refractivity contribution in [2.24, 2.45) is 5.73 Å². The molecule has 0 aliphatic carbocycles. The average molecular weight is 232 g/mol. The Kier molecular flexibility index (Phi) is 3.79. The molecule has 2 N–H and O–H groups in total. The van der Waals surface area contributed by atoms with Crippen LogP contribution in [0.15, 0.2) is 24.3 Å². The maximum Gasteiger partial charge on any atom is 0.254 e. The van der Waals surface area contributed by atoms with E-state index >= 15 is 0 Å². The molecule has 17 heavy (non-hydrogen) atoms. The summed E-state index contributed by atoms with van der Waals surface area (Å²) in [7, 11) is 0. The third-order valence-electron chi connectivity index (χ3n) is 3.27. The fraction of sp³-hybridized carbons (Fsp3) is 0.500. The van der Waals surface area contributed by atoms with Gasteiger partial charge in [-0.1, -0.05) is 18.2 Å². The van der Waals surface area contributed by atoms with Gasteiger partial charge in [0.15, 0.2) is 0 Å². The van der Waals surface area contributed by atoms with Crippen molar-refractivity contribution in [3.05, 3.63) is 35.4 Å². The van der Waals surface area contributed by atoms with Crippen molar-refractivity contribution in [2.75, 3.05) is 13.1 Å². The smallest absolute Gasteiger partial charge is 0.254 e. The molecule has 1 unspecified atom stereocenters. The van der Waals surface area contributed by atoms with Gasteiger partial charge in [0.1, 0.15) is 0 Å². The summed E-state index contributed by atoms with van der Waals surface area (Å²) >= 11 is 0. The SMILES string of the molecule is CC(N)CCCN1CCc2ccccc2C1=O. The Balaban J connectivity index is 1.98. The van der Waals surface area contributed by atoms with Crippen LogP contribution in [0, 0.1) is 0 Å². The van der Waals surface area contributed by atoms with E-state index in [0.29, 0.717) is 0 Å². The largest absolute Gasteiger partial charge is 0.338 e. The van der Waals surface area contributed by atoms with Crippen molar-refractivity contribution in [1.82, 2.24) is 4.90 Å². The van der Waals surface area contributed by atoms with Gasteiger partial charge in [-0.3, -0.25) is 4.79 Å². The second kappa shape index (κ2) is 5.32. The van der Waals surface area contributed by atoms with Crippen molar-refractivity contribution < 1.29 is 4.79 Å². The quantitative estimate of drug-likeness (QED) is 0.860. The van der Waals surface area contributed by atoms with Crippen LogP contribution in [-0.4, -0.2) is 29.9 Å². The third kappa shape index (κ3) is 2.86. The number of carbonyl (C=O) groups is 1. The van der Waals surface area contributed by atoms with Gasteiger partial charge in [0.2, 0.25) is 0 Å². The maximum atomic E-state index is 12.2. The van der Waals surface area contributed by atoms with Gasteiger partial charge in [-0.2, -0.15) is 0 Å². The highest BCUT2D eigenvalue weighted by Gasteiger charge is 2.22. The van der Waals surface area contributed by atoms with Crippen molar-refractivity contribution in [3.8, 4) is 0 Å². The Morgan fingerprint density at radius 2 is 2.18 bits per heavy atom. The first-order valence-corrected chi connectivity index (χ1v) is 6.31. The lowest BCUT2D eigenvalue weighted by atomic mass is 9.99.